The third kappa shape index (κ3) is 5.04. The molecule has 0 fully saturated rings. The van der Waals surface area contributed by atoms with Crippen LogP contribution in [0.4, 0.5) is 0 Å². The van der Waals surface area contributed by atoms with Gasteiger partial charge in [0.1, 0.15) is 0 Å². The highest BCUT2D eigenvalue weighted by molar-refractivity contribution is 7.89. The summed E-state index contributed by atoms with van der Waals surface area (Å²) >= 11 is 0. The minimum atomic E-state index is -3.74. The Bertz CT molecular complexity index is 691. The molecule has 0 aromatic heterocycles. The number of aryl methyl sites for hydroxylation is 2. The second-order valence-corrected chi connectivity index (χ2v) is 9.44. The fraction of sp³-hybridized carbons (Fsp3) is 0.588. The summed E-state index contributed by atoms with van der Waals surface area (Å²) < 4.78 is 28.1. The lowest BCUT2D eigenvalue weighted by molar-refractivity contribution is -0.119. The fourth-order valence-electron chi connectivity index (χ4n) is 2.69. The number of rotatable bonds is 5. The highest BCUT2D eigenvalue weighted by Gasteiger charge is 2.30. The summed E-state index contributed by atoms with van der Waals surface area (Å²) in [5.41, 5.74) is 6.66. The van der Waals surface area contributed by atoms with Crippen molar-refractivity contribution < 1.29 is 13.2 Å². The average Bonchev–Trinajstić information content (AvgIpc) is 2.21. The zero-order valence-corrected chi connectivity index (χ0v) is 15.9. The van der Waals surface area contributed by atoms with Crippen LogP contribution in [-0.2, 0) is 20.2 Å². The van der Waals surface area contributed by atoms with Gasteiger partial charge in [0, 0.05) is 12.0 Å². The molecule has 0 bridgehead atoms. The van der Waals surface area contributed by atoms with Crippen LogP contribution in [0.5, 0.6) is 0 Å². The van der Waals surface area contributed by atoms with E-state index >= 15 is 0 Å². The van der Waals surface area contributed by atoms with Gasteiger partial charge in [-0.25, -0.2) is 13.1 Å². The zero-order chi connectivity index (χ0) is 18.2. The molecule has 23 heavy (non-hydrogen) atoms. The number of hydrogen-bond acceptors (Lipinski definition) is 3. The zero-order valence-electron chi connectivity index (χ0n) is 15.1. The Labute approximate surface area is 139 Å². The fourth-order valence-corrected chi connectivity index (χ4v) is 4.56. The summed E-state index contributed by atoms with van der Waals surface area (Å²) in [6, 6.07) is 3.81. The van der Waals surface area contributed by atoms with Crippen LogP contribution in [0.2, 0.25) is 0 Å². The van der Waals surface area contributed by atoms with E-state index in [9.17, 15) is 13.2 Å². The molecule has 0 unspecified atom stereocenters. The van der Waals surface area contributed by atoms with E-state index in [-0.39, 0.29) is 16.7 Å². The summed E-state index contributed by atoms with van der Waals surface area (Å²) in [6.45, 7) is 13.1. The van der Waals surface area contributed by atoms with Crippen LogP contribution >= 0.6 is 0 Å². The van der Waals surface area contributed by atoms with Crippen LogP contribution in [-0.4, -0.2) is 19.9 Å². The Morgan fingerprint density at radius 1 is 1.09 bits per heavy atom. The maximum absolute atomic E-state index is 12.8. The van der Waals surface area contributed by atoms with Crippen LogP contribution in [0.25, 0.3) is 0 Å². The van der Waals surface area contributed by atoms with Crippen molar-refractivity contribution in [2.75, 3.05) is 0 Å². The van der Waals surface area contributed by atoms with Gasteiger partial charge in [-0.2, -0.15) is 0 Å². The number of carbonyl (C=O) groups is 1. The van der Waals surface area contributed by atoms with E-state index in [0.717, 1.165) is 5.56 Å². The molecular formula is C17H28N2O3S. The summed E-state index contributed by atoms with van der Waals surface area (Å²) in [5.74, 6) is -0.547. The van der Waals surface area contributed by atoms with Gasteiger partial charge < -0.3 is 5.73 Å². The number of amides is 1. The molecule has 0 saturated carbocycles. The molecule has 0 saturated heterocycles. The predicted octanol–water partition coefficient (Wildman–Crippen LogP) is 2.53. The second kappa shape index (κ2) is 6.24. The van der Waals surface area contributed by atoms with Gasteiger partial charge in [-0.3, -0.25) is 4.79 Å². The van der Waals surface area contributed by atoms with Crippen LogP contribution in [0, 0.1) is 13.8 Å². The molecular weight excluding hydrogens is 312 g/mol. The van der Waals surface area contributed by atoms with Gasteiger partial charge in [-0.1, -0.05) is 32.9 Å². The van der Waals surface area contributed by atoms with Crippen LogP contribution in [0.3, 0.4) is 0 Å². The van der Waals surface area contributed by atoms with E-state index in [1.165, 1.54) is 0 Å². The number of hydrogen-bond donors (Lipinski definition) is 2. The normalized spacial score (nSPS) is 13.2. The minimum Gasteiger partial charge on any atom is -0.370 e. The van der Waals surface area contributed by atoms with Gasteiger partial charge in [0.15, 0.2) is 0 Å². The van der Waals surface area contributed by atoms with Gasteiger partial charge in [0.25, 0.3) is 0 Å². The van der Waals surface area contributed by atoms with Gasteiger partial charge >= 0.3 is 0 Å². The first-order valence-corrected chi connectivity index (χ1v) is 9.08. The summed E-state index contributed by atoms with van der Waals surface area (Å²) in [7, 11) is -3.74. The lowest BCUT2D eigenvalue weighted by Gasteiger charge is -2.27. The second-order valence-electron chi connectivity index (χ2n) is 7.82. The van der Waals surface area contributed by atoms with Crippen molar-refractivity contribution in [3.8, 4) is 0 Å². The van der Waals surface area contributed by atoms with E-state index in [1.807, 2.05) is 12.1 Å². The van der Waals surface area contributed by atoms with Crippen molar-refractivity contribution in [3.63, 3.8) is 0 Å². The third-order valence-corrected chi connectivity index (χ3v) is 5.62. The van der Waals surface area contributed by atoms with E-state index < -0.39 is 21.5 Å². The largest absolute Gasteiger partial charge is 0.370 e. The van der Waals surface area contributed by atoms with Crippen molar-refractivity contribution in [1.29, 1.82) is 0 Å². The molecule has 0 aliphatic carbocycles. The Balaban J connectivity index is 3.33. The lowest BCUT2D eigenvalue weighted by Crippen LogP contribution is -2.46. The lowest BCUT2D eigenvalue weighted by atomic mass is 9.85. The maximum Gasteiger partial charge on any atom is 0.241 e. The first kappa shape index (κ1) is 19.6. The number of nitrogens with two attached hydrogens (primary N) is 1. The molecule has 0 radical (unpaired) electrons. The van der Waals surface area contributed by atoms with Crippen LogP contribution < -0.4 is 10.5 Å². The van der Waals surface area contributed by atoms with Crippen molar-refractivity contribution in [2.45, 2.75) is 70.7 Å². The molecule has 0 spiro atoms. The molecule has 1 amide bonds. The van der Waals surface area contributed by atoms with Gasteiger partial charge in [-0.15, -0.1) is 0 Å². The monoisotopic (exact) mass is 340 g/mol. The number of nitrogens with one attached hydrogen (secondary N) is 1. The molecule has 0 atom stereocenters. The smallest absolute Gasteiger partial charge is 0.241 e. The van der Waals surface area contributed by atoms with Crippen molar-refractivity contribution in [2.24, 2.45) is 5.73 Å². The molecule has 6 heteroatoms. The number of benzene rings is 1. The Hall–Kier alpha value is -1.40. The molecule has 1 aromatic rings. The molecule has 130 valence electrons. The van der Waals surface area contributed by atoms with Crippen LogP contribution in [0.15, 0.2) is 17.0 Å². The predicted molar refractivity (Wildman–Crippen MR) is 92.8 cm³/mol. The van der Waals surface area contributed by atoms with E-state index in [2.05, 4.69) is 25.5 Å². The highest BCUT2D eigenvalue weighted by atomic mass is 32.2. The summed E-state index contributed by atoms with van der Waals surface area (Å²) in [6.07, 6.45) is -0.0651. The first-order valence-electron chi connectivity index (χ1n) is 7.60. The number of primary amides is 1. The molecule has 0 aliphatic rings. The molecule has 1 aromatic carbocycles. The van der Waals surface area contributed by atoms with Gasteiger partial charge in [0.05, 0.1) is 4.90 Å². The average molecular weight is 340 g/mol. The standard InChI is InChI=1S/C17H28N2O3S/c1-11-8-13(16(3,4)5)9-12(2)15(11)23(21,22)19-17(6,7)10-14(18)20/h8-9,19H,10H2,1-7H3,(H2,18,20). The Kier molecular flexibility index (Phi) is 5.33. The molecule has 5 nitrogen and oxygen atoms in total. The van der Waals surface area contributed by atoms with E-state index in [0.29, 0.717) is 11.1 Å². The number of sulfonamides is 1. The third-order valence-electron chi connectivity index (χ3n) is 3.62. The van der Waals surface area contributed by atoms with Crippen molar-refractivity contribution >= 4 is 15.9 Å². The Morgan fingerprint density at radius 2 is 1.52 bits per heavy atom. The Morgan fingerprint density at radius 3 is 1.87 bits per heavy atom. The summed E-state index contributed by atoms with van der Waals surface area (Å²) in [5, 5.41) is 0. The quantitative estimate of drug-likeness (QED) is 0.863. The van der Waals surface area contributed by atoms with Crippen molar-refractivity contribution in [3.05, 3.63) is 28.8 Å². The van der Waals surface area contributed by atoms with Gasteiger partial charge in [0.2, 0.25) is 15.9 Å². The topological polar surface area (TPSA) is 89.3 Å². The molecule has 0 heterocycles. The molecule has 1 rings (SSSR count). The SMILES string of the molecule is Cc1cc(C(C)(C)C)cc(C)c1S(=O)(=O)NC(C)(C)CC(N)=O. The molecule has 3 N–H and O–H groups in total. The number of carbonyl (C=O) groups excluding carboxylic acids is 1. The van der Waals surface area contributed by atoms with Gasteiger partial charge in [-0.05, 0) is 49.8 Å². The van der Waals surface area contributed by atoms with E-state index in [1.54, 1.807) is 27.7 Å². The molecule has 0 aliphatic heterocycles. The minimum absolute atomic E-state index is 0.0590. The maximum atomic E-state index is 12.8. The highest BCUT2D eigenvalue weighted by Crippen LogP contribution is 2.29. The van der Waals surface area contributed by atoms with Crippen molar-refractivity contribution in [1.82, 2.24) is 4.72 Å². The van der Waals surface area contributed by atoms with E-state index in [4.69, 9.17) is 5.73 Å². The first-order chi connectivity index (χ1) is 10.2. The summed E-state index contributed by atoms with van der Waals surface area (Å²) in [4.78, 5) is 11.4. The van der Waals surface area contributed by atoms with Crippen LogP contribution in [0.1, 0.15) is 57.7 Å².